The smallest absolute Gasteiger partial charge is 0.251 e. The van der Waals surface area contributed by atoms with E-state index in [1.807, 2.05) is 37.4 Å². The Bertz CT molecular complexity index is 1040. The zero-order valence-corrected chi connectivity index (χ0v) is 15.9. The van der Waals surface area contributed by atoms with Crippen LogP contribution in [0.15, 0.2) is 71.8 Å². The van der Waals surface area contributed by atoms with Crippen LogP contribution in [0.2, 0.25) is 0 Å². The van der Waals surface area contributed by atoms with Gasteiger partial charge in [-0.05, 0) is 48.6 Å². The van der Waals surface area contributed by atoms with Crippen LogP contribution >= 0.6 is 0 Å². The Labute approximate surface area is 164 Å². The Balaban J connectivity index is 1.57. The van der Waals surface area contributed by atoms with Gasteiger partial charge in [-0.25, -0.2) is 0 Å². The fourth-order valence-electron chi connectivity index (χ4n) is 3.90. The number of pyridine rings is 2. The van der Waals surface area contributed by atoms with E-state index in [1.54, 1.807) is 23.4 Å². The third-order valence-electron chi connectivity index (χ3n) is 5.45. The minimum Gasteiger partial charge on any atom is -0.337 e. The van der Waals surface area contributed by atoms with Gasteiger partial charge in [0.15, 0.2) is 0 Å². The predicted molar refractivity (Wildman–Crippen MR) is 109 cm³/mol. The van der Waals surface area contributed by atoms with E-state index in [1.165, 1.54) is 21.8 Å². The van der Waals surface area contributed by atoms with Gasteiger partial charge in [0.05, 0.1) is 11.7 Å². The summed E-state index contributed by atoms with van der Waals surface area (Å²) in [6, 6.07) is 17.3. The number of aromatic nitrogens is 2. The van der Waals surface area contributed by atoms with Gasteiger partial charge in [-0.2, -0.15) is 0 Å². The number of hydrogen-bond acceptors (Lipinski definition) is 3. The first-order chi connectivity index (χ1) is 13.6. The fourth-order valence-corrected chi connectivity index (χ4v) is 3.90. The molecule has 3 aromatic rings. The number of hydrogen-bond donors (Lipinski definition) is 0. The number of carbonyl (C=O) groups excluding carboxylic acids is 1. The van der Waals surface area contributed by atoms with Gasteiger partial charge in [-0.1, -0.05) is 30.3 Å². The number of carbonyl (C=O) groups is 1. The second-order valence-corrected chi connectivity index (χ2v) is 7.21. The van der Waals surface area contributed by atoms with Crippen LogP contribution in [-0.2, 0) is 17.8 Å². The average Bonchev–Trinajstić information content (AvgIpc) is 2.75. The number of benzene rings is 1. The Morgan fingerprint density at radius 2 is 1.96 bits per heavy atom. The number of rotatable bonds is 4. The maximum absolute atomic E-state index is 13.0. The van der Waals surface area contributed by atoms with Gasteiger partial charge in [-0.3, -0.25) is 14.6 Å². The summed E-state index contributed by atoms with van der Waals surface area (Å²) in [5.74, 6) is -0.0676. The number of aryl methyl sites for hydroxylation is 1. The van der Waals surface area contributed by atoms with Gasteiger partial charge in [0, 0.05) is 31.1 Å². The maximum Gasteiger partial charge on any atom is 0.251 e. The SMILES string of the molecule is CN(C(=O)Cn1cc(-c2ccccn2)ccc1=O)C1CCCc2ccccc21. The summed E-state index contributed by atoms with van der Waals surface area (Å²) < 4.78 is 1.47. The van der Waals surface area contributed by atoms with Crippen molar-refractivity contribution in [3.8, 4) is 11.3 Å². The number of likely N-dealkylation sites (N-methyl/N-ethyl adjacent to an activating group) is 1. The lowest BCUT2D eigenvalue weighted by molar-refractivity contribution is -0.133. The van der Waals surface area contributed by atoms with Crippen LogP contribution in [0, 0.1) is 0 Å². The summed E-state index contributed by atoms with van der Waals surface area (Å²) in [5.41, 5.74) is 3.94. The molecule has 142 valence electrons. The predicted octanol–water partition coefficient (Wildman–Crippen LogP) is 3.45. The summed E-state index contributed by atoms with van der Waals surface area (Å²) in [4.78, 5) is 31.4. The van der Waals surface area contributed by atoms with E-state index in [0.717, 1.165) is 30.5 Å². The number of fused-ring (bicyclic) bond motifs is 1. The van der Waals surface area contributed by atoms with Crippen LogP contribution in [0.25, 0.3) is 11.3 Å². The van der Waals surface area contributed by atoms with Crippen LogP contribution in [0.3, 0.4) is 0 Å². The summed E-state index contributed by atoms with van der Waals surface area (Å²) in [5, 5.41) is 0. The quantitative estimate of drug-likeness (QED) is 0.704. The zero-order valence-electron chi connectivity index (χ0n) is 15.9. The van der Waals surface area contributed by atoms with Gasteiger partial charge >= 0.3 is 0 Å². The van der Waals surface area contributed by atoms with E-state index in [-0.39, 0.29) is 24.1 Å². The highest BCUT2D eigenvalue weighted by Crippen LogP contribution is 2.33. The van der Waals surface area contributed by atoms with Crippen molar-refractivity contribution in [1.82, 2.24) is 14.5 Å². The molecule has 1 atom stereocenters. The Morgan fingerprint density at radius 1 is 1.14 bits per heavy atom. The van der Waals surface area contributed by atoms with Crippen molar-refractivity contribution in [2.75, 3.05) is 7.05 Å². The number of amides is 1. The minimum absolute atomic E-state index is 0.0225. The Morgan fingerprint density at radius 3 is 2.79 bits per heavy atom. The van der Waals surface area contributed by atoms with E-state index >= 15 is 0 Å². The molecule has 28 heavy (non-hydrogen) atoms. The van der Waals surface area contributed by atoms with Gasteiger partial charge in [0.1, 0.15) is 6.54 Å². The second kappa shape index (κ2) is 7.80. The molecule has 2 aromatic heterocycles. The molecule has 5 nitrogen and oxygen atoms in total. The summed E-state index contributed by atoms with van der Waals surface area (Å²) in [7, 11) is 1.84. The first kappa shape index (κ1) is 18.2. The van der Waals surface area contributed by atoms with Crippen molar-refractivity contribution in [3.63, 3.8) is 0 Å². The molecule has 1 amide bonds. The molecule has 0 radical (unpaired) electrons. The fraction of sp³-hybridized carbons (Fsp3) is 0.261. The lowest BCUT2D eigenvalue weighted by Crippen LogP contribution is -2.37. The third kappa shape index (κ3) is 3.60. The highest BCUT2D eigenvalue weighted by Gasteiger charge is 2.26. The molecular weight excluding hydrogens is 350 g/mol. The van der Waals surface area contributed by atoms with Gasteiger partial charge in [0.25, 0.3) is 5.56 Å². The molecule has 0 fully saturated rings. The molecule has 1 unspecified atom stereocenters. The highest BCUT2D eigenvalue weighted by atomic mass is 16.2. The molecular formula is C23H23N3O2. The molecule has 5 heteroatoms. The molecule has 1 aliphatic rings. The van der Waals surface area contributed by atoms with E-state index < -0.39 is 0 Å². The van der Waals surface area contributed by atoms with Crippen molar-refractivity contribution in [2.45, 2.75) is 31.8 Å². The summed E-state index contributed by atoms with van der Waals surface area (Å²) >= 11 is 0. The van der Waals surface area contributed by atoms with E-state index in [4.69, 9.17) is 0 Å². The standard InChI is InChI=1S/C23H23N3O2/c1-25(21-11-6-8-17-7-2-3-9-19(17)21)23(28)16-26-15-18(12-13-22(26)27)20-10-4-5-14-24-20/h2-5,7,9-10,12-15,21H,6,8,11,16H2,1H3. The van der Waals surface area contributed by atoms with E-state index in [9.17, 15) is 9.59 Å². The van der Waals surface area contributed by atoms with Gasteiger partial charge < -0.3 is 9.47 Å². The van der Waals surface area contributed by atoms with Gasteiger partial charge in [-0.15, -0.1) is 0 Å². The van der Waals surface area contributed by atoms with Crippen molar-refractivity contribution in [1.29, 1.82) is 0 Å². The minimum atomic E-state index is -0.189. The van der Waals surface area contributed by atoms with E-state index in [0.29, 0.717) is 0 Å². The van der Waals surface area contributed by atoms with Crippen LogP contribution in [0.5, 0.6) is 0 Å². The molecule has 1 aliphatic carbocycles. The molecule has 0 N–H and O–H groups in total. The van der Waals surface area contributed by atoms with Crippen molar-refractivity contribution in [2.24, 2.45) is 0 Å². The topological polar surface area (TPSA) is 55.2 Å². The molecule has 0 saturated carbocycles. The lowest BCUT2D eigenvalue weighted by atomic mass is 9.87. The average molecular weight is 373 g/mol. The normalized spacial score (nSPS) is 15.7. The second-order valence-electron chi connectivity index (χ2n) is 7.21. The van der Waals surface area contributed by atoms with Crippen LogP contribution in [0.1, 0.15) is 30.0 Å². The van der Waals surface area contributed by atoms with E-state index in [2.05, 4.69) is 17.1 Å². The largest absolute Gasteiger partial charge is 0.337 e. The Hall–Kier alpha value is -3.21. The highest BCUT2D eigenvalue weighted by molar-refractivity contribution is 5.76. The monoisotopic (exact) mass is 373 g/mol. The Kier molecular flexibility index (Phi) is 5.06. The first-order valence-corrected chi connectivity index (χ1v) is 9.59. The van der Waals surface area contributed by atoms with Crippen LogP contribution in [-0.4, -0.2) is 27.4 Å². The zero-order chi connectivity index (χ0) is 19.5. The molecule has 0 spiro atoms. The molecule has 2 heterocycles. The first-order valence-electron chi connectivity index (χ1n) is 9.59. The number of nitrogens with zero attached hydrogens (tertiary/aromatic N) is 3. The molecule has 1 aromatic carbocycles. The molecule has 4 rings (SSSR count). The summed E-state index contributed by atoms with van der Waals surface area (Å²) in [6.07, 6.45) is 6.49. The molecule has 0 saturated heterocycles. The third-order valence-corrected chi connectivity index (χ3v) is 5.45. The summed E-state index contributed by atoms with van der Waals surface area (Å²) in [6.45, 7) is 0.0225. The van der Waals surface area contributed by atoms with Gasteiger partial charge in [0.2, 0.25) is 5.91 Å². The van der Waals surface area contributed by atoms with Crippen LogP contribution in [0.4, 0.5) is 0 Å². The van der Waals surface area contributed by atoms with Crippen LogP contribution < -0.4 is 5.56 Å². The van der Waals surface area contributed by atoms with Crippen molar-refractivity contribution < 1.29 is 4.79 Å². The molecule has 0 aliphatic heterocycles. The lowest BCUT2D eigenvalue weighted by Gasteiger charge is -2.33. The van der Waals surface area contributed by atoms with Crippen molar-refractivity contribution >= 4 is 5.91 Å². The molecule has 0 bridgehead atoms. The maximum atomic E-state index is 13.0. The van der Waals surface area contributed by atoms with Crippen molar-refractivity contribution in [3.05, 3.63) is 88.5 Å².